The Kier molecular flexibility index (Phi) is 4.62. The highest BCUT2D eigenvalue weighted by atomic mass is 15.4. The molecule has 3 rings (SSSR count). The highest BCUT2D eigenvalue weighted by Gasteiger charge is 2.25. The van der Waals surface area contributed by atoms with Gasteiger partial charge in [-0.15, -0.1) is 0 Å². The average Bonchev–Trinajstić information content (AvgIpc) is 3.23. The van der Waals surface area contributed by atoms with Crippen molar-refractivity contribution in [1.29, 1.82) is 5.26 Å². The van der Waals surface area contributed by atoms with Crippen LogP contribution in [-0.2, 0) is 5.54 Å². The SMILES string of the molecule is CNc1nc(Nc2cc([C@H]3C[CH]CC3)nn2C(C)(C)C)cnc1C#N. The minimum Gasteiger partial charge on any atom is -0.371 e. The Bertz CT molecular complexity index is 789. The normalized spacial score (nSPS) is 15.2. The van der Waals surface area contributed by atoms with Gasteiger partial charge < -0.3 is 10.6 Å². The molecule has 1 saturated carbocycles. The van der Waals surface area contributed by atoms with Crippen molar-refractivity contribution in [2.75, 3.05) is 17.7 Å². The van der Waals surface area contributed by atoms with Gasteiger partial charge in [-0.05, 0) is 46.5 Å². The third-order valence-electron chi connectivity index (χ3n) is 4.32. The topological polar surface area (TPSA) is 91.4 Å². The van der Waals surface area contributed by atoms with E-state index in [0.29, 0.717) is 17.6 Å². The summed E-state index contributed by atoms with van der Waals surface area (Å²) in [7, 11) is 1.72. The van der Waals surface area contributed by atoms with E-state index in [-0.39, 0.29) is 11.2 Å². The Morgan fingerprint density at radius 1 is 1.36 bits per heavy atom. The van der Waals surface area contributed by atoms with Crippen molar-refractivity contribution in [2.24, 2.45) is 0 Å². The minimum atomic E-state index is -0.158. The molecular formula is C18H24N7. The molecule has 2 aromatic heterocycles. The summed E-state index contributed by atoms with van der Waals surface area (Å²) < 4.78 is 2.00. The lowest BCUT2D eigenvalue weighted by atomic mass is 10.0. The molecule has 0 amide bonds. The summed E-state index contributed by atoms with van der Waals surface area (Å²) in [5.74, 6) is 2.41. The number of rotatable bonds is 4. The molecule has 0 spiro atoms. The Morgan fingerprint density at radius 3 is 2.76 bits per heavy atom. The Balaban J connectivity index is 1.94. The summed E-state index contributed by atoms with van der Waals surface area (Å²) in [5.41, 5.74) is 1.23. The van der Waals surface area contributed by atoms with Gasteiger partial charge in [-0.1, -0.05) is 0 Å². The van der Waals surface area contributed by atoms with Gasteiger partial charge in [-0.2, -0.15) is 10.4 Å². The number of anilines is 3. The van der Waals surface area contributed by atoms with Crippen LogP contribution in [0.25, 0.3) is 0 Å². The molecule has 1 aliphatic rings. The fourth-order valence-corrected chi connectivity index (χ4v) is 3.06. The van der Waals surface area contributed by atoms with Gasteiger partial charge in [0.1, 0.15) is 11.9 Å². The van der Waals surface area contributed by atoms with Crippen molar-refractivity contribution in [3.63, 3.8) is 0 Å². The zero-order valence-electron chi connectivity index (χ0n) is 15.2. The van der Waals surface area contributed by atoms with Crippen molar-refractivity contribution in [3.8, 4) is 6.07 Å². The molecule has 7 heteroatoms. The van der Waals surface area contributed by atoms with Crippen LogP contribution < -0.4 is 10.6 Å². The molecule has 7 nitrogen and oxygen atoms in total. The number of nitriles is 1. The van der Waals surface area contributed by atoms with Gasteiger partial charge >= 0.3 is 0 Å². The maximum atomic E-state index is 9.08. The van der Waals surface area contributed by atoms with Gasteiger partial charge in [-0.3, -0.25) is 0 Å². The number of hydrogen-bond donors (Lipinski definition) is 2. The van der Waals surface area contributed by atoms with Gasteiger partial charge in [0.05, 0.1) is 17.4 Å². The summed E-state index contributed by atoms with van der Waals surface area (Å²) in [4.78, 5) is 8.59. The summed E-state index contributed by atoms with van der Waals surface area (Å²) in [5, 5.41) is 20.2. The van der Waals surface area contributed by atoms with Crippen LogP contribution in [0.1, 0.15) is 57.3 Å². The molecule has 0 unspecified atom stereocenters. The van der Waals surface area contributed by atoms with Gasteiger partial charge in [-0.25, -0.2) is 14.6 Å². The molecule has 25 heavy (non-hydrogen) atoms. The second-order valence-electron chi connectivity index (χ2n) is 7.27. The number of aromatic nitrogens is 4. The first-order valence-electron chi connectivity index (χ1n) is 8.56. The quantitative estimate of drug-likeness (QED) is 0.885. The highest BCUT2D eigenvalue weighted by molar-refractivity contribution is 5.57. The molecular weight excluding hydrogens is 314 g/mol. The number of nitrogens with zero attached hydrogens (tertiary/aromatic N) is 5. The molecule has 131 valence electrons. The van der Waals surface area contributed by atoms with Crippen molar-refractivity contribution in [2.45, 2.75) is 51.5 Å². The molecule has 1 fully saturated rings. The van der Waals surface area contributed by atoms with Crippen molar-refractivity contribution in [3.05, 3.63) is 30.1 Å². The van der Waals surface area contributed by atoms with Crippen LogP contribution in [0.3, 0.4) is 0 Å². The highest BCUT2D eigenvalue weighted by Crippen LogP contribution is 2.35. The standard InChI is InChI=1S/C18H24N7/c1-18(2,3)25-16(9-13(24-25)12-7-5-6-8-12)22-15-11-21-14(10-19)17(20-4)23-15/h5,9,11-12H,6-8H2,1-4H3,(H2,20,22,23)/t12-/m0/s1. The second-order valence-corrected chi connectivity index (χ2v) is 7.27. The van der Waals surface area contributed by atoms with E-state index in [1.807, 2.05) is 10.8 Å². The van der Waals surface area contributed by atoms with Crippen LogP contribution in [-0.4, -0.2) is 26.8 Å². The van der Waals surface area contributed by atoms with E-state index >= 15 is 0 Å². The predicted molar refractivity (Wildman–Crippen MR) is 97.7 cm³/mol. The van der Waals surface area contributed by atoms with E-state index < -0.39 is 0 Å². The van der Waals surface area contributed by atoms with E-state index in [1.54, 1.807) is 13.2 Å². The first kappa shape index (κ1) is 17.2. The molecule has 1 atom stereocenters. The molecule has 1 radical (unpaired) electrons. The molecule has 2 aromatic rings. The van der Waals surface area contributed by atoms with Gasteiger partial charge in [0.15, 0.2) is 17.3 Å². The van der Waals surface area contributed by atoms with Crippen LogP contribution in [0.2, 0.25) is 0 Å². The molecule has 0 aliphatic heterocycles. The average molecular weight is 338 g/mol. The van der Waals surface area contributed by atoms with Crippen LogP contribution >= 0.6 is 0 Å². The molecule has 0 aromatic carbocycles. The summed E-state index contributed by atoms with van der Waals surface area (Å²) in [6.45, 7) is 6.37. The van der Waals surface area contributed by atoms with Crippen molar-refractivity contribution < 1.29 is 0 Å². The molecule has 2 N–H and O–H groups in total. The Hall–Kier alpha value is -2.62. The van der Waals surface area contributed by atoms with E-state index in [1.165, 1.54) is 0 Å². The third-order valence-corrected chi connectivity index (χ3v) is 4.32. The van der Waals surface area contributed by atoms with Crippen LogP contribution in [0.5, 0.6) is 0 Å². The van der Waals surface area contributed by atoms with E-state index in [4.69, 9.17) is 10.4 Å². The molecule has 0 saturated heterocycles. The summed E-state index contributed by atoms with van der Waals surface area (Å²) in [6.07, 6.45) is 7.30. The largest absolute Gasteiger partial charge is 0.371 e. The molecule has 1 aliphatic carbocycles. The first-order chi connectivity index (χ1) is 11.9. The van der Waals surface area contributed by atoms with E-state index in [2.05, 4.69) is 53.9 Å². The fraction of sp³-hybridized carbons (Fsp3) is 0.500. The van der Waals surface area contributed by atoms with E-state index in [0.717, 1.165) is 30.8 Å². The minimum absolute atomic E-state index is 0.158. The fourth-order valence-electron chi connectivity index (χ4n) is 3.06. The van der Waals surface area contributed by atoms with Crippen LogP contribution in [0.15, 0.2) is 12.3 Å². The lowest BCUT2D eigenvalue weighted by Gasteiger charge is -2.22. The maximum Gasteiger partial charge on any atom is 0.183 e. The third kappa shape index (κ3) is 3.58. The maximum absolute atomic E-state index is 9.08. The lowest BCUT2D eigenvalue weighted by Crippen LogP contribution is -2.25. The van der Waals surface area contributed by atoms with Crippen LogP contribution in [0, 0.1) is 17.8 Å². The lowest BCUT2D eigenvalue weighted by molar-refractivity contribution is 0.357. The van der Waals surface area contributed by atoms with Crippen molar-refractivity contribution in [1.82, 2.24) is 19.7 Å². The van der Waals surface area contributed by atoms with E-state index in [9.17, 15) is 0 Å². The number of nitrogens with one attached hydrogen (secondary N) is 2. The Morgan fingerprint density at radius 2 is 2.16 bits per heavy atom. The van der Waals surface area contributed by atoms with Crippen LogP contribution in [0.4, 0.5) is 17.5 Å². The van der Waals surface area contributed by atoms with Gasteiger partial charge in [0.25, 0.3) is 0 Å². The van der Waals surface area contributed by atoms with Gasteiger partial charge in [0, 0.05) is 19.0 Å². The summed E-state index contributed by atoms with van der Waals surface area (Å²) in [6, 6.07) is 4.13. The van der Waals surface area contributed by atoms with Gasteiger partial charge in [0.2, 0.25) is 0 Å². The molecule has 2 heterocycles. The first-order valence-corrected chi connectivity index (χ1v) is 8.56. The Labute approximate surface area is 148 Å². The predicted octanol–water partition coefficient (Wildman–Crippen LogP) is 3.56. The zero-order valence-corrected chi connectivity index (χ0v) is 15.2. The second kappa shape index (κ2) is 6.71. The zero-order chi connectivity index (χ0) is 18.0. The summed E-state index contributed by atoms with van der Waals surface area (Å²) >= 11 is 0. The smallest absolute Gasteiger partial charge is 0.183 e. The number of hydrogen-bond acceptors (Lipinski definition) is 6. The monoisotopic (exact) mass is 338 g/mol. The van der Waals surface area contributed by atoms with Crippen molar-refractivity contribution >= 4 is 17.5 Å². The molecule has 0 bridgehead atoms.